The van der Waals surface area contributed by atoms with Gasteiger partial charge in [0.25, 0.3) is 5.69 Å². The summed E-state index contributed by atoms with van der Waals surface area (Å²) in [6, 6.07) is 11.7. The van der Waals surface area contributed by atoms with Crippen LogP contribution in [-0.4, -0.2) is 25.3 Å². The lowest BCUT2D eigenvalue weighted by atomic mass is 10.1. The van der Waals surface area contributed by atoms with E-state index in [9.17, 15) is 35.3 Å². The van der Waals surface area contributed by atoms with Gasteiger partial charge in [-0.1, -0.05) is 0 Å². The Balaban J connectivity index is 1.71. The van der Waals surface area contributed by atoms with Crippen molar-refractivity contribution in [3.63, 3.8) is 0 Å². The Labute approximate surface area is 179 Å². The number of ether oxygens (including phenoxy) is 1. The molecule has 0 unspecified atom stereocenters. The molecule has 0 fully saturated rings. The smallest absolute Gasteiger partial charge is 0.269 e. The highest BCUT2D eigenvalue weighted by Crippen LogP contribution is 2.37. The molecule has 0 saturated carbocycles. The zero-order chi connectivity index (χ0) is 23.0. The number of hydrogen-bond donors (Lipinski definition) is 4. The predicted molar refractivity (Wildman–Crippen MR) is 112 cm³/mol. The second-order valence-electron chi connectivity index (χ2n) is 6.84. The summed E-state index contributed by atoms with van der Waals surface area (Å²) in [5, 5.41) is 50.3. The molecule has 0 radical (unpaired) electrons. The number of nitro benzene ring substituents is 1. The first-order valence-corrected chi connectivity index (χ1v) is 9.16. The molecule has 0 amide bonds. The van der Waals surface area contributed by atoms with E-state index in [0.717, 1.165) is 6.07 Å². The second-order valence-corrected chi connectivity index (χ2v) is 6.84. The van der Waals surface area contributed by atoms with Crippen LogP contribution in [0.5, 0.6) is 28.7 Å². The normalized spacial score (nSPS) is 10.9. The van der Waals surface area contributed by atoms with E-state index in [1.807, 2.05) is 0 Å². The molecule has 1 aromatic heterocycles. The summed E-state index contributed by atoms with van der Waals surface area (Å²) in [5.41, 5.74) is -0.465. The molecule has 0 atom stereocenters. The van der Waals surface area contributed by atoms with Gasteiger partial charge in [0.1, 0.15) is 29.1 Å². The van der Waals surface area contributed by atoms with Gasteiger partial charge in [0.2, 0.25) is 11.2 Å². The maximum absolute atomic E-state index is 12.6. The van der Waals surface area contributed by atoms with Crippen molar-refractivity contribution < 1.29 is 34.5 Å². The molecule has 0 aliphatic carbocycles. The molecule has 10 heteroatoms. The van der Waals surface area contributed by atoms with Crippen molar-refractivity contribution in [1.29, 1.82) is 0 Å². The number of phenols is 3. The molecule has 0 bridgehead atoms. The summed E-state index contributed by atoms with van der Waals surface area (Å²) in [6.07, 6.45) is 0. The predicted octanol–water partition coefficient (Wildman–Crippen LogP) is 3.77. The van der Waals surface area contributed by atoms with Gasteiger partial charge in [0.05, 0.1) is 4.92 Å². The fourth-order valence-corrected chi connectivity index (χ4v) is 3.12. The molecular formula is C22H15NO9. The number of nitrogens with zero attached hydrogens (tertiary/aromatic N) is 1. The zero-order valence-electron chi connectivity index (χ0n) is 16.2. The highest BCUT2D eigenvalue weighted by molar-refractivity contribution is 5.87. The maximum atomic E-state index is 12.6. The molecule has 10 nitrogen and oxygen atoms in total. The van der Waals surface area contributed by atoms with Crippen LogP contribution in [0.3, 0.4) is 0 Å². The van der Waals surface area contributed by atoms with Crippen LogP contribution < -0.4 is 10.2 Å². The molecule has 0 aliphatic heterocycles. The monoisotopic (exact) mass is 437 g/mol. The SMILES string of the molecule is O=c1c(O)c(-c2ccc(O)c(O)c2)oc2cc(COc3ccc([N+](=O)[O-])cc3)cc(O)c12. The van der Waals surface area contributed by atoms with Crippen LogP contribution in [0.2, 0.25) is 0 Å². The largest absolute Gasteiger partial charge is 0.507 e. The van der Waals surface area contributed by atoms with Gasteiger partial charge in [-0.3, -0.25) is 14.9 Å². The molecule has 4 aromatic rings. The third kappa shape index (κ3) is 3.72. The van der Waals surface area contributed by atoms with E-state index in [1.165, 1.54) is 48.5 Å². The standard InChI is InChI=1S/C22H15NO9/c24-15-6-1-12(9-16(15)25)22-21(28)20(27)19-17(26)7-11(8-18(19)32-22)10-31-14-4-2-13(3-5-14)23(29)30/h1-9,24-26,28H,10H2. The lowest BCUT2D eigenvalue weighted by Gasteiger charge is -2.10. The summed E-state index contributed by atoms with van der Waals surface area (Å²) in [5.74, 6) is -1.98. The first kappa shape index (κ1) is 20.5. The lowest BCUT2D eigenvalue weighted by Crippen LogP contribution is -2.04. The number of rotatable bonds is 5. The van der Waals surface area contributed by atoms with Crippen LogP contribution in [0.1, 0.15) is 5.56 Å². The van der Waals surface area contributed by atoms with Crippen molar-refractivity contribution in [2.75, 3.05) is 0 Å². The van der Waals surface area contributed by atoms with E-state index in [4.69, 9.17) is 9.15 Å². The third-order valence-corrected chi connectivity index (χ3v) is 4.70. The molecule has 0 aliphatic rings. The number of phenolic OH excluding ortho intramolecular Hbond substituents is 3. The molecule has 4 N–H and O–H groups in total. The van der Waals surface area contributed by atoms with Gasteiger partial charge in [-0.15, -0.1) is 0 Å². The van der Waals surface area contributed by atoms with Gasteiger partial charge in [0, 0.05) is 17.7 Å². The Morgan fingerprint density at radius 2 is 1.62 bits per heavy atom. The maximum Gasteiger partial charge on any atom is 0.269 e. The van der Waals surface area contributed by atoms with E-state index in [0.29, 0.717) is 11.3 Å². The van der Waals surface area contributed by atoms with Crippen molar-refractivity contribution in [3.8, 4) is 40.1 Å². The average Bonchev–Trinajstić information content (AvgIpc) is 2.76. The van der Waals surface area contributed by atoms with Gasteiger partial charge in [-0.2, -0.15) is 0 Å². The number of non-ortho nitro benzene ring substituents is 1. The number of aromatic hydroxyl groups is 4. The Bertz CT molecular complexity index is 1410. The Morgan fingerprint density at radius 1 is 0.906 bits per heavy atom. The van der Waals surface area contributed by atoms with Gasteiger partial charge < -0.3 is 29.6 Å². The van der Waals surface area contributed by atoms with E-state index >= 15 is 0 Å². The molecule has 162 valence electrons. The minimum atomic E-state index is -0.880. The Kier molecular flexibility index (Phi) is 5.03. The summed E-state index contributed by atoms with van der Waals surface area (Å²) < 4.78 is 11.2. The molecule has 1 heterocycles. The van der Waals surface area contributed by atoms with Gasteiger partial charge in [-0.25, -0.2) is 0 Å². The number of fused-ring (bicyclic) bond motifs is 1. The molecule has 0 spiro atoms. The van der Waals surface area contributed by atoms with Crippen molar-refractivity contribution in [1.82, 2.24) is 0 Å². The highest BCUT2D eigenvalue weighted by Gasteiger charge is 2.19. The summed E-state index contributed by atoms with van der Waals surface area (Å²) >= 11 is 0. The van der Waals surface area contributed by atoms with Crippen LogP contribution in [0.15, 0.2) is 63.8 Å². The van der Waals surface area contributed by atoms with Crippen LogP contribution in [-0.2, 0) is 6.61 Å². The van der Waals surface area contributed by atoms with Crippen LogP contribution >= 0.6 is 0 Å². The zero-order valence-corrected chi connectivity index (χ0v) is 16.2. The fourth-order valence-electron chi connectivity index (χ4n) is 3.12. The second kappa shape index (κ2) is 7.84. The average molecular weight is 437 g/mol. The minimum absolute atomic E-state index is 0.0438. The van der Waals surface area contributed by atoms with Crippen molar-refractivity contribution in [2.45, 2.75) is 6.61 Å². The van der Waals surface area contributed by atoms with Crippen molar-refractivity contribution in [2.24, 2.45) is 0 Å². The topological polar surface area (TPSA) is 164 Å². The van der Waals surface area contributed by atoms with E-state index < -0.39 is 27.6 Å². The van der Waals surface area contributed by atoms with Crippen molar-refractivity contribution in [3.05, 3.63) is 80.5 Å². The van der Waals surface area contributed by atoms with Gasteiger partial charge in [0.15, 0.2) is 17.3 Å². The third-order valence-electron chi connectivity index (χ3n) is 4.70. The lowest BCUT2D eigenvalue weighted by molar-refractivity contribution is -0.384. The van der Waals surface area contributed by atoms with E-state index in [2.05, 4.69) is 0 Å². The number of nitro groups is 1. The Morgan fingerprint density at radius 3 is 2.28 bits per heavy atom. The van der Waals surface area contributed by atoms with E-state index in [1.54, 1.807) is 0 Å². The van der Waals surface area contributed by atoms with Gasteiger partial charge in [-0.05, 0) is 48.0 Å². The summed E-state index contributed by atoms with van der Waals surface area (Å²) in [4.78, 5) is 22.8. The van der Waals surface area contributed by atoms with Crippen LogP contribution in [0, 0.1) is 10.1 Å². The van der Waals surface area contributed by atoms with Gasteiger partial charge >= 0.3 is 0 Å². The summed E-state index contributed by atoms with van der Waals surface area (Å²) in [6.45, 7) is -0.0543. The molecular weight excluding hydrogens is 422 g/mol. The first-order valence-electron chi connectivity index (χ1n) is 9.16. The van der Waals surface area contributed by atoms with Crippen LogP contribution in [0.25, 0.3) is 22.3 Å². The van der Waals surface area contributed by atoms with Crippen molar-refractivity contribution >= 4 is 16.7 Å². The fraction of sp³-hybridized carbons (Fsp3) is 0.0455. The minimum Gasteiger partial charge on any atom is -0.507 e. The van der Waals surface area contributed by atoms with Crippen LogP contribution in [0.4, 0.5) is 5.69 Å². The molecule has 3 aromatic carbocycles. The number of benzene rings is 3. The Hall–Kier alpha value is -4.73. The highest BCUT2D eigenvalue weighted by atomic mass is 16.6. The summed E-state index contributed by atoms with van der Waals surface area (Å²) in [7, 11) is 0. The molecule has 32 heavy (non-hydrogen) atoms. The molecule has 4 rings (SSSR count). The molecule has 0 saturated heterocycles. The number of hydrogen-bond acceptors (Lipinski definition) is 9. The first-order chi connectivity index (χ1) is 15.2. The van der Waals surface area contributed by atoms with E-state index in [-0.39, 0.29) is 40.3 Å². The quantitative estimate of drug-likeness (QED) is 0.207.